The highest BCUT2D eigenvalue weighted by Crippen LogP contribution is 2.68. The summed E-state index contributed by atoms with van der Waals surface area (Å²) in [6, 6.07) is 0. The number of Topliss-reactive ketones (excluding diaryl/α,β-unsaturated/α-hetero) is 1. The van der Waals surface area contributed by atoms with Gasteiger partial charge in [-0.15, -0.1) is 0 Å². The molecule has 0 radical (unpaired) electrons. The first-order valence-electron chi connectivity index (χ1n) is 10.4. The average Bonchev–Trinajstić information content (AvgIpc) is 2.90. The van der Waals surface area contributed by atoms with Crippen LogP contribution in [0.3, 0.4) is 0 Å². The Morgan fingerprint density at radius 2 is 1.79 bits per heavy atom. The summed E-state index contributed by atoms with van der Waals surface area (Å²) >= 11 is 6.71. The Hall–Kier alpha value is -1.42. The van der Waals surface area contributed by atoms with Gasteiger partial charge in [-0.2, -0.15) is 0 Å². The molecular weight excluding hydrogens is 376 g/mol. The van der Waals surface area contributed by atoms with Crippen LogP contribution in [-0.4, -0.2) is 23.1 Å². The van der Waals surface area contributed by atoms with Crippen molar-refractivity contribution in [2.45, 2.75) is 71.8 Å². The second kappa shape index (κ2) is 6.29. The minimum Gasteiger partial charge on any atom is -0.451 e. The standard InChI is InChI=1S/C23H29ClO4/c1-13(25)23(28-14(2)26)10-7-18-16-12-20(24)19-11-15(27)5-8-21(19,3)17(16)6-9-22(18,23)4/h11-12,16-18H,5-10H2,1-4H3/t16-,17-,18+,21+,22+,23+/m1/s1. The third kappa shape index (κ3) is 2.46. The number of hydrogen-bond acceptors (Lipinski definition) is 4. The predicted molar refractivity (Wildman–Crippen MR) is 107 cm³/mol. The van der Waals surface area contributed by atoms with Crippen LogP contribution in [0.5, 0.6) is 0 Å². The number of carbonyl (C=O) groups is 3. The van der Waals surface area contributed by atoms with E-state index in [1.54, 1.807) is 13.0 Å². The number of fused-ring (bicyclic) bond motifs is 5. The van der Waals surface area contributed by atoms with E-state index in [4.69, 9.17) is 16.3 Å². The van der Waals surface area contributed by atoms with Crippen molar-refractivity contribution in [1.82, 2.24) is 0 Å². The molecule has 152 valence electrons. The lowest BCUT2D eigenvalue weighted by Crippen LogP contribution is -2.58. The van der Waals surface area contributed by atoms with Gasteiger partial charge in [-0.05, 0) is 73.8 Å². The van der Waals surface area contributed by atoms with Crippen molar-refractivity contribution >= 4 is 29.1 Å². The van der Waals surface area contributed by atoms with Crippen molar-refractivity contribution in [3.8, 4) is 0 Å². The minimum atomic E-state index is -1.03. The minimum absolute atomic E-state index is 0.0490. The molecule has 0 amide bonds. The first-order chi connectivity index (χ1) is 13.0. The number of rotatable bonds is 2. The maximum absolute atomic E-state index is 12.7. The largest absolute Gasteiger partial charge is 0.451 e. The van der Waals surface area contributed by atoms with Gasteiger partial charge >= 0.3 is 5.97 Å². The maximum atomic E-state index is 12.7. The van der Waals surface area contributed by atoms with E-state index in [2.05, 4.69) is 19.9 Å². The molecule has 2 saturated carbocycles. The molecule has 0 heterocycles. The molecule has 0 aromatic carbocycles. The van der Waals surface area contributed by atoms with Crippen LogP contribution in [0, 0.1) is 28.6 Å². The van der Waals surface area contributed by atoms with Crippen LogP contribution < -0.4 is 0 Å². The van der Waals surface area contributed by atoms with E-state index in [9.17, 15) is 14.4 Å². The van der Waals surface area contributed by atoms with E-state index in [0.717, 1.165) is 31.3 Å². The van der Waals surface area contributed by atoms with Gasteiger partial charge in [0.05, 0.1) is 0 Å². The third-order valence-corrected chi connectivity index (χ3v) is 8.89. The molecule has 4 nitrogen and oxygen atoms in total. The smallest absolute Gasteiger partial charge is 0.303 e. The van der Waals surface area contributed by atoms with E-state index in [0.29, 0.717) is 23.8 Å². The maximum Gasteiger partial charge on any atom is 0.303 e. The van der Waals surface area contributed by atoms with Crippen LogP contribution in [-0.2, 0) is 19.1 Å². The summed E-state index contributed by atoms with van der Waals surface area (Å²) in [5, 5.41) is 0.689. The fourth-order valence-corrected chi connectivity index (χ4v) is 7.55. The zero-order valence-electron chi connectivity index (χ0n) is 17.1. The SMILES string of the molecule is CC(=O)O[C@]1(C(C)=O)CC[C@H]2[C@@H]3C=C(Cl)C4=CC(=O)CC[C@@]4(C)[C@@H]3CC[C@@]21C. The van der Waals surface area contributed by atoms with Gasteiger partial charge in [0.25, 0.3) is 0 Å². The molecule has 4 aliphatic carbocycles. The van der Waals surface area contributed by atoms with Crippen molar-refractivity contribution in [2.24, 2.45) is 28.6 Å². The molecule has 0 spiro atoms. The monoisotopic (exact) mass is 404 g/mol. The molecule has 4 aliphatic rings. The van der Waals surface area contributed by atoms with E-state index in [-0.39, 0.29) is 40.2 Å². The highest BCUT2D eigenvalue weighted by atomic mass is 35.5. The fraction of sp³-hybridized carbons (Fsp3) is 0.696. The number of hydrogen-bond donors (Lipinski definition) is 0. The number of halogens is 1. The summed E-state index contributed by atoms with van der Waals surface area (Å²) in [7, 11) is 0. The fourth-order valence-electron chi connectivity index (χ4n) is 7.13. The lowest BCUT2D eigenvalue weighted by atomic mass is 9.48. The van der Waals surface area contributed by atoms with Gasteiger partial charge in [0, 0.05) is 23.8 Å². The molecule has 0 unspecified atom stereocenters. The summed E-state index contributed by atoms with van der Waals surface area (Å²) in [5.74, 6) is 0.584. The lowest BCUT2D eigenvalue weighted by Gasteiger charge is -2.57. The van der Waals surface area contributed by atoms with Crippen molar-refractivity contribution in [3.05, 3.63) is 22.8 Å². The highest BCUT2D eigenvalue weighted by molar-refractivity contribution is 6.32. The van der Waals surface area contributed by atoms with Crippen molar-refractivity contribution in [1.29, 1.82) is 0 Å². The Kier molecular flexibility index (Phi) is 4.46. The quantitative estimate of drug-likeness (QED) is 0.623. The summed E-state index contributed by atoms with van der Waals surface area (Å²) in [6.45, 7) is 7.33. The topological polar surface area (TPSA) is 60.4 Å². The molecule has 5 heteroatoms. The van der Waals surface area contributed by atoms with Crippen LogP contribution in [0.1, 0.15) is 66.2 Å². The van der Waals surface area contributed by atoms with E-state index in [1.807, 2.05) is 0 Å². The number of carbonyl (C=O) groups excluding carboxylic acids is 3. The molecule has 0 aromatic heterocycles. The number of ether oxygens (including phenoxy) is 1. The van der Waals surface area contributed by atoms with Gasteiger partial charge in [-0.25, -0.2) is 0 Å². The van der Waals surface area contributed by atoms with Gasteiger partial charge in [-0.1, -0.05) is 31.5 Å². The average molecular weight is 405 g/mol. The summed E-state index contributed by atoms with van der Waals surface area (Å²) in [6.07, 6.45) is 8.48. The van der Waals surface area contributed by atoms with Gasteiger partial charge in [0.1, 0.15) is 0 Å². The molecule has 0 aliphatic heterocycles. The Balaban J connectivity index is 1.79. The Bertz CT molecular complexity index is 826. The van der Waals surface area contributed by atoms with Gasteiger partial charge in [0.15, 0.2) is 17.2 Å². The number of allylic oxidation sites excluding steroid dienone is 4. The Labute approximate surface area is 171 Å². The van der Waals surface area contributed by atoms with Gasteiger partial charge < -0.3 is 4.74 Å². The van der Waals surface area contributed by atoms with E-state index >= 15 is 0 Å². The van der Waals surface area contributed by atoms with Crippen LogP contribution in [0.4, 0.5) is 0 Å². The van der Waals surface area contributed by atoms with Crippen molar-refractivity contribution < 1.29 is 19.1 Å². The molecule has 0 N–H and O–H groups in total. The third-order valence-electron chi connectivity index (χ3n) is 8.56. The van der Waals surface area contributed by atoms with Crippen LogP contribution in [0.2, 0.25) is 0 Å². The van der Waals surface area contributed by atoms with Crippen LogP contribution in [0.15, 0.2) is 22.8 Å². The zero-order chi connectivity index (χ0) is 20.5. The Morgan fingerprint density at radius 3 is 2.43 bits per heavy atom. The van der Waals surface area contributed by atoms with E-state index in [1.165, 1.54) is 6.92 Å². The Morgan fingerprint density at radius 1 is 1.11 bits per heavy atom. The molecule has 0 saturated heterocycles. The molecule has 6 atom stereocenters. The summed E-state index contributed by atoms with van der Waals surface area (Å²) < 4.78 is 5.79. The highest BCUT2D eigenvalue weighted by Gasteiger charge is 2.67. The molecule has 0 bridgehead atoms. The van der Waals surface area contributed by atoms with Gasteiger partial charge in [-0.3, -0.25) is 14.4 Å². The zero-order valence-corrected chi connectivity index (χ0v) is 17.9. The van der Waals surface area contributed by atoms with Crippen molar-refractivity contribution in [2.75, 3.05) is 0 Å². The van der Waals surface area contributed by atoms with Crippen LogP contribution in [0.25, 0.3) is 0 Å². The first kappa shape index (κ1) is 19.9. The summed E-state index contributed by atoms with van der Waals surface area (Å²) in [4.78, 5) is 36.6. The second-order valence-corrected chi connectivity index (χ2v) is 10.1. The van der Waals surface area contributed by atoms with E-state index < -0.39 is 5.60 Å². The molecule has 2 fully saturated rings. The number of ketones is 2. The van der Waals surface area contributed by atoms with Crippen LogP contribution >= 0.6 is 11.6 Å². The molecular formula is C23H29ClO4. The lowest BCUT2D eigenvalue weighted by molar-refractivity contribution is -0.185. The molecule has 0 aromatic rings. The molecule has 28 heavy (non-hydrogen) atoms. The first-order valence-corrected chi connectivity index (χ1v) is 10.8. The second-order valence-electron chi connectivity index (χ2n) is 9.72. The summed E-state index contributed by atoms with van der Waals surface area (Å²) in [5.41, 5.74) is -0.532. The number of esters is 1. The van der Waals surface area contributed by atoms with Crippen molar-refractivity contribution in [3.63, 3.8) is 0 Å². The molecule has 4 rings (SSSR count). The predicted octanol–water partition coefficient (Wildman–Crippen LogP) is 4.75. The van der Waals surface area contributed by atoms with Gasteiger partial charge in [0.2, 0.25) is 0 Å². The normalized spacial score (nSPS) is 44.6.